The summed E-state index contributed by atoms with van der Waals surface area (Å²) in [4.78, 5) is 11.7. The van der Waals surface area contributed by atoms with Crippen molar-refractivity contribution in [1.29, 1.82) is 0 Å². The first-order valence-electron chi connectivity index (χ1n) is 10.5. The summed E-state index contributed by atoms with van der Waals surface area (Å²) in [5, 5.41) is 0. The van der Waals surface area contributed by atoms with E-state index in [2.05, 4.69) is 0 Å². The van der Waals surface area contributed by atoms with E-state index in [1.165, 1.54) is 0 Å². The first kappa shape index (κ1) is 20.9. The Bertz CT molecular complexity index is 1010. The van der Waals surface area contributed by atoms with Gasteiger partial charge in [0.2, 0.25) is 0 Å². The van der Waals surface area contributed by atoms with Crippen molar-refractivity contribution in [2.75, 3.05) is 20.3 Å². The summed E-state index contributed by atoms with van der Waals surface area (Å²) >= 11 is 0. The van der Waals surface area contributed by atoms with Crippen LogP contribution in [0.2, 0.25) is 0 Å². The zero-order valence-electron chi connectivity index (χ0n) is 17.6. The zero-order chi connectivity index (χ0) is 21.5. The van der Waals surface area contributed by atoms with E-state index in [4.69, 9.17) is 18.9 Å². The second-order valence-corrected chi connectivity index (χ2v) is 7.43. The van der Waals surface area contributed by atoms with Crippen LogP contribution in [-0.4, -0.2) is 32.7 Å². The van der Waals surface area contributed by atoms with Gasteiger partial charge in [-0.25, -0.2) is 0 Å². The molecule has 0 bridgehead atoms. The molecule has 31 heavy (non-hydrogen) atoms. The minimum Gasteiger partial charge on any atom is -0.496 e. The van der Waals surface area contributed by atoms with Crippen molar-refractivity contribution in [2.24, 2.45) is 0 Å². The summed E-state index contributed by atoms with van der Waals surface area (Å²) in [5.74, 6) is 2.07. The van der Waals surface area contributed by atoms with Crippen molar-refractivity contribution in [1.82, 2.24) is 0 Å². The van der Waals surface area contributed by atoms with Crippen LogP contribution >= 0.6 is 0 Å². The number of benzene rings is 3. The summed E-state index contributed by atoms with van der Waals surface area (Å²) in [5.41, 5.74) is 3.25. The summed E-state index contributed by atoms with van der Waals surface area (Å²) in [6, 6.07) is 21.2. The van der Waals surface area contributed by atoms with Crippen LogP contribution in [0.1, 0.15) is 28.8 Å². The van der Waals surface area contributed by atoms with Crippen molar-refractivity contribution in [3.05, 3.63) is 77.9 Å². The normalized spacial score (nSPS) is 14.1. The Hall–Kier alpha value is -3.31. The highest BCUT2D eigenvalue weighted by molar-refractivity contribution is 5.90. The molecule has 3 aromatic rings. The maximum absolute atomic E-state index is 11.7. The van der Waals surface area contributed by atoms with Gasteiger partial charge in [-0.15, -0.1) is 0 Å². The lowest BCUT2D eigenvalue weighted by Crippen LogP contribution is -2.25. The molecule has 0 spiro atoms. The molecule has 0 saturated carbocycles. The fourth-order valence-corrected chi connectivity index (χ4v) is 3.66. The van der Waals surface area contributed by atoms with Gasteiger partial charge in [0.15, 0.2) is 6.29 Å². The molecule has 0 radical (unpaired) electrons. The molecule has 4 rings (SSSR count). The lowest BCUT2D eigenvalue weighted by atomic mass is 9.98. The molecule has 160 valence electrons. The molecule has 0 aliphatic carbocycles. The Morgan fingerprint density at radius 2 is 1.71 bits per heavy atom. The summed E-state index contributed by atoms with van der Waals surface area (Å²) in [6.07, 6.45) is 2.70. The van der Waals surface area contributed by atoms with Crippen molar-refractivity contribution < 1.29 is 23.7 Å². The smallest absolute Gasteiger partial charge is 0.150 e. The van der Waals surface area contributed by atoms with Gasteiger partial charge in [0.25, 0.3) is 0 Å². The van der Waals surface area contributed by atoms with Crippen molar-refractivity contribution >= 4 is 6.29 Å². The summed E-state index contributed by atoms with van der Waals surface area (Å²) < 4.78 is 23.1. The lowest BCUT2D eigenvalue weighted by molar-refractivity contribution is 0.0256. The minimum atomic E-state index is 0.124. The molecule has 0 atom stereocenters. The third-order valence-electron chi connectivity index (χ3n) is 5.33. The molecule has 1 saturated heterocycles. The summed E-state index contributed by atoms with van der Waals surface area (Å²) in [6.45, 7) is 1.89. The summed E-state index contributed by atoms with van der Waals surface area (Å²) in [7, 11) is 1.61. The Labute approximate surface area is 182 Å². The van der Waals surface area contributed by atoms with Gasteiger partial charge in [-0.3, -0.25) is 4.79 Å². The number of carbonyl (C=O) groups is 1. The monoisotopic (exact) mass is 418 g/mol. The van der Waals surface area contributed by atoms with E-state index in [1.807, 2.05) is 60.7 Å². The zero-order valence-corrected chi connectivity index (χ0v) is 17.6. The van der Waals surface area contributed by atoms with E-state index in [0.717, 1.165) is 41.6 Å². The van der Waals surface area contributed by atoms with Crippen molar-refractivity contribution in [3.63, 3.8) is 0 Å². The standard InChI is InChI=1S/C26H26O5/c1-28-26-16-22(30-18-19-5-3-2-4-6-19)9-10-24(26)25-15-23(8-7-20(25)17-27)31-21-11-13-29-14-12-21/h2-10,15-17,21H,11-14,18H2,1H3. The van der Waals surface area contributed by atoms with Gasteiger partial charge < -0.3 is 18.9 Å². The molecular weight excluding hydrogens is 392 g/mol. The SMILES string of the molecule is COc1cc(OCc2ccccc2)ccc1-c1cc(OC2CCOCC2)ccc1C=O. The number of hydrogen-bond acceptors (Lipinski definition) is 5. The fourth-order valence-electron chi connectivity index (χ4n) is 3.66. The van der Waals surface area contributed by atoms with Gasteiger partial charge >= 0.3 is 0 Å². The van der Waals surface area contributed by atoms with Crippen LogP contribution in [0, 0.1) is 0 Å². The van der Waals surface area contributed by atoms with E-state index in [1.54, 1.807) is 13.2 Å². The third-order valence-corrected chi connectivity index (χ3v) is 5.33. The number of carbonyl (C=O) groups excluding carboxylic acids is 1. The van der Waals surface area contributed by atoms with Crippen LogP contribution < -0.4 is 14.2 Å². The Morgan fingerprint density at radius 1 is 0.935 bits per heavy atom. The van der Waals surface area contributed by atoms with Crippen LogP contribution in [0.15, 0.2) is 66.7 Å². The fraction of sp³-hybridized carbons (Fsp3) is 0.269. The molecule has 0 amide bonds. The van der Waals surface area contributed by atoms with Gasteiger partial charge in [0.05, 0.1) is 20.3 Å². The first-order valence-corrected chi connectivity index (χ1v) is 10.5. The number of aldehydes is 1. The number of hydrogen-bond donors (Lipinski definition) is 0. The molecule has 1 aliphatic rings. The minimum absolute atomic E-state index is 0.124. The predicted octanol–water partition coefficient (Wildman–Crippen LogP) is 5.31. The number of methoxy groups -OCH3 is 1. The van der Waals surface area contributed by atoms with Crippen LogP contribution in [0.5, 0.6) is 17.2 Å². The van der Waals surface area contributed by atoms with E-state index in [0.29, 0.717) is 36.9 Å². The molecule has 1 heterocycles. The largest absolute Gasteiger partial charge is 0.496 e. The Kier molecular flexibility index (Phi) is 6.85. The third kappa shape index (κ3) is 5.25. The molecule has 1 aliphatic heterocycles. The highest BCUT2D eigenvalue weighted by Crippen LogP contribution is 2.37. The van der Waals surface area contributed by atoms with Crippen LogP contribution in [0.4, 0.5) is 0 Å². The highest BCUT2D eigenvalue weighted by atomic mass is 16.5. The maximum Gasteiger partial charge on any atom is 0.150 e. The molecule has 5 heteroatoms. The lowest BCUT2D eigenvalue weighted by Gasteiger charge is -2.24. The van der Waals surface area contributed by atoms with E-state index in [9.17, 15) is 4.79 Å². The molecule has 0 aromatic heterocycles. The quantitative estimate of drug-likeness (QED) is 0.464. The van der Waals surface area contributed by atoms with E-state index in [-0.39, 0.29) is 6.10 Å². The molecule has 1 fully saturated rings. The molecule has 0 N–H and O–H groups in total. The van der Waals surface area contributed by atoms with Crippen LogP contribution in [0.25, 0.3) is 11.1 Å². The average Bonchev–Trinajstić information content (AvgIpc) is 2.84. The van der Waals surface area contributed by atoms with Gasteiger partial charge in [-0.05, 0) is 41.5 Å². The molecule has 0 unspecified atom stereocenters. The van der Waals surface area contributed by atoms with E-state index < -0.39 is 0 Å². The van der Waals surface area contributed by atoms with Gasteiger partial charge in [-0.2, -0.15) is 0 Å². The number of rotatable bonds is 8. The highest BCUT2D eigenvalue weighted by Gasteiger charge is 2.17. The van der Waals surface area contributed by atoms with Crippen molar-refractivity contribution in [2.45, 2.75) is 25.6 Å². The first-order chi connectivity index (χ1) is 15.3. The maximum atomic E-state index is 11.7. The van der Waals surface area contributed by atoms with E-state index >= 15 is 0 Å². The Balaban J connectivity index is 1.58. The Morgan fingerprint density at radius 3 is 2.45 bits per heavy atom. The predicted molar refractivity (Wildman–Crippen MR) is 119 cm³/mol. The van der Waals surface area contributed by atoms with Crippen LogP contribution in [0.3, 0.4) is 0 Å². The topological polar surface area (TPSA) is 54.0 Å². The number of ether oxygens (including phenoxy) is 4. The van der Waals surface area contributed by atoms with Gasteiger partial charge in [0.1, 0.15) is 30.0 Å². The van der Waals surface area contributed by atoms with Crippen LogP contribution in [-0.2, 0) is 11.3 Å². The average molecular weight is 418 g/mol. The second-order valence-electron chi connectivity index (χ2n) is 7.43. The molecule has 3 aromatic carbocycles. The van der Waals surface area contributed by atoms with Gasteiger partial charge in [-0.1, -0.05) is 30.3 Å². The second kappa shape index (κ2) is 10.1. The van der Waals surface area contributed by atoms with Crippen molar-refractivity contribution in [3.8, 4) is 28.4 Å². The molecular formula is C26H26O5. The van der Waals surface area contributed by atoms with Gasteiger partial charge in [0, 0.05) is 30.0 Å². The molecule has 5 nitrogen and oxygen atoms in total.